The summed E-state index contributed by atoms with van der Waals surface area (Å²) in [5.74, 6) is -0.647. The molecule has 1 aromatic rings. The molecule has 5 nitrogen and oxygen atoms in total. The van der Waals surface area contributed by atoms with Crippen LogP contribution in [-0.2, 0) is 11.3 Å². The minimum absolute atomic E-state index is 0.0876. The van der Waals surface area contributed by atoms with Crippen molar-refractivity contribution in [2.45, 2.75) is 47.3 Å². The van der Waals surface area contributed by atoms with Crippen molar-refractivity contribution in [2.75, 3.05) is 19.8 Å². The molecule has 1 aromatic heterocycles. The van der Waals surface area contributed by atoms with Crippen molar-refractivity contribution in [3.05, 3.63) is 23.0 Å². The number of carbonyl (C=O) groups is 2. The molecule has 6 heteroatoms. The molecular formula is C17H25FN2O3. The fourth-order valence-corrected chi connectivity index (χ4v) is 2.52. The molecule has 23 heavy (non-hydrogen) atoms. The topological polar surface area (TPSA) is 51.5 Å². The van der Waals surface area contributed by atoms with Crippen LogP contribution < -0.4 is 0 Å². The number of carbonyl (C=O) groups excluding carboxylic acids is 2. The van der Waals surface area contributed by atoms with Crippen molar-refractivity contribution in [2.24, 2.45) is 5.41 Å². The summed E-state index contributed by atoms with van der Waals surface area (Å²) < 4.78 is 19.8. The molecule has 0 N–H and O–H groups in total. The van der Waals surface area contributed by atoms with E-state index in [0.717, 1.165) is 0 Å². The second-order valence-electron chi connectivity index (χ2n) is 7.10. The number of halogens is 1. The smallest absolute Gasteiger partial charge is 0.340 e. The third-order valence-corrected chi connectivity index (χ3v) is 4.51. The van der Waals surface area contributed by atoms with Crippen molar-refractivity contribution >= 4 is 11.9 Å². The second kappa shape index (κ2) is 6.34. The van der Waals surface area contributed by atoms with Crippen molar-refractivity contribution in [3.63, 3.8) is 0 Å². The lowest BCUT2D eigenvalue weighted by Crippen LogP contribution is -2.41. The van der Waals surface area contributed by atoms with Gasteiger partial charge in [0, 0.05) is 25.8 Å². The van der Waals surface area contributed by atoms with Gasteiger partial charge in [-0.2, -0.15) is 0 Å². The number of alkyl halides is 1. The summed E-state index contributed by atoms with van der Waals surface area (Å²) in [5, 5.41) is 0. The maximum atomic E-state index is 12.5. The second-order valence-corrected chi connectivity index (χ2v) is 7.10. The molecule has 1 amide bonds. The van der Waals surface area contributed by atoms with Gasteiger partial charge in [0.05, 0.1) is 5.56 Å². The third-order valence-electron chi connectivity index (χ3n) is 4.51. The minimum Gasteiger partial charge on any atom is -0.458 e. The Hall–Kier alpha value is -1.85. The van der Waals surface area contributed by atoms with E-state index in [1.165, 1.54) is 4.90 Å². The average molecular weight is 324 g/mol. The number of esters is 1. The standard InChI is InChI=1S/C17H25FN2O3/c1-11-13(16(22)23-12(2)17(3,4)5)10-20-9-8-19(7-6-18)15(21)14(11)20/h10,12H,6-9H2,1-5H3. The zero-order valence-corrected chi connectivity index (χ0v) is 14.5. The van der Waals surface area contributed by atoms with Gasteiger partial charge in [0.25, 0.3) is 5.91 Å². The summed E-state index contributed by atoms with van der Waals surface area (Å²) in [4.78, 5) is 26.3. The highest BCUT2D eigenvalue weighted by molar-refractivity contribution is 6.00. The van der Waals surface area contributed by atoms with Crippen LogP contribution in [0.5, 0.6) is 0 Å². The molecule has 0 spiro atoms. The highest BCUT2D eigenvalue weighted by Crippen LogP contribution is 2.26. The summed E-state index contributed by atoms with van der Waals surface area (Å²) >= 11 is 0. The van der Waals surface area contributed by atoms with Gasteiger partial charge in [-0.3, -0.25) is 4.79 Å². The number of hydrogen-bond acceptors (Lipinski definition) is 3. The van der Waals surface area contributed by atoms with E-state index in [-0.39, 0.29) is 24.0 Å². The van der Waals surface area contributed by atoms with Gasteiger partial charge in [-0.15, -0.1) is 0 Å². The Labute approximate surface area is 136 Å². The first kappa shape index (κ1) is 17.5. The molecule has 0 radical (unpaired) electrons. The fraction of sp³-hybridized carbons (Fsp3) is 0.647. The number of nitrogens with zero attached hydrogens (tertiary/aromatic N) is 2. The maximum Gasteiger partial charge on any atom is 0.340 e. The average Bonchev–Trinajstić information content (AvgIpc) is 2.79. The van der Waals surface area contributed by atoms with Crippen LogP contribution >= 0.6 is 0 Å². The zero-order valence-electron chi connectivity index (χ0n) is 14.5. The van der Waals surface area contributed by atoms with E-state index in [1.54, 1.807) is 17.7 Å². The molecular weight excluding hydrogens is 299 g/mol. The Morgan fingerprint density at radius 3 is 2.61 bits per heavy atom. The predicted molar refractivity (Wildman–Crippen MR) is 85.4 cm³/mol. The van der Waals surface area contributed by atoms with E-state index >= 15 is 0 Å². The number of amides is 1. The lowest BCUT2D eigenvalue weighted by Gasteiger charge is -2.27. The molecule has 1 atom stereocenters. The molecule has 128 valence electrons. The number of ether oxygens (including phenoxy) is 1. The minimum atomic E-state index is -0.566. The monoisotopic (exact) mass is 324 g/mol. The van der Waals surface area contributed by atoms with Crippen LogP contribution in [-0.4, -0.2) is 47.2 Å². The summed E-state index contributed by atoms with van der Waals surface area (Å²) in [5.41, 5.74) is 1.31. The summed E-state index contributed by atoms with van der Waals surface area (Å²) in [6.45, 7) is 10.1. The first-order valence-electron chi connectivity index (χ1n) is 7.92. The van der Waals surface area contributed by atoms with Crippen LogP contribution in [0.2, 0.25) is 0 Å². The van der Waals surface area contributed by atoms with Gasteiger partial charge in [-0.25, -0.2) is 9.18 Å². The molecule has 0 aromatic carbocycles. The van der Waals surface area contributed by atoms with Gasteiger partial charge >= 0.3 is 5.97 Å². The Bertz CT molecular complexity index is 616. The number of hydrogen-bond donors (Lipinski definition) is 0. The first-order valence-corrected chi connectivity index (χ1v) is 7.92. The molecule has 1 aliphatic heterocycles. The van der Waals surface area contributed by atoms with Crippen LogP contribution in [0, 0.1) is 12.3 Å². The number of rotatable bonds is 4. The van der Waals surface area contributed by atoms with Crippen molar-refractivity contribution in [1.82, 2.24) is 9.47 Å². The van der Waals surface area contributed by atoms with Crippen LogP contribution in [0.25, 0.3) is 0 Å². The lowest BCUT2D eigenvalue weighted by molar-refractivity contribution is 0.00472. The highest BCUT2D eigenvalue weighted by Gasteiger charge is 2.31. The van der Waals surface area contributed by atoms with Crippen molar-refractivity contribution in [3.8, 4) is 0 Å². The summed E-state index contributed by atoms with van der Waals surface area (Å²) in [6, 6.07) is 0. The highest BCUT2D eigenvalue weighted by atomic mass is 19.1. The van der Waals surface area contributed by atoms with Crippen LogP contribution in [0.4, 0.5) is 4.39 Å². The van der Waals surface area contributed by atoms with Crippen molar-refractivity contribution < 1.29 is 18.7 Å². The van der Waals surface area contributed by atoms with E-state index in [0.29, 0.717) is 29.9 Å². The molecule has 0 fully saturated rings. The molecule has 0 saturated carbocycles. The van der Waals surface area contributed by atoms with E-state index in [9.17, 15) is 14.0 Å². The molecule has 0 bridgehead atoms. The van der Waals surface area contributed by atoms with Gasteiger partial charge in [0.1, 0.15) is 18.5 Å². The van der Waals surface area contributed by atoms with Crippen LogP contribution in [0.15, 0.2) is 6.20 Å². The van der Waals surface area contributed by atoms with Gasteiger partial charge in [0.15, 0.2) is 0 Å². The summed E-state index contributed by atoms with van der Waals surface area (Å²) in [6.07, 6.45) is 1.43. The van der Waals surface area contributed by atoms with Crippen LogP contribution in [0.1, 0.15) is 54.1 Å². The van der Waals surface area contributed by atoms with Gasteiger partial charge in [-0.05, 0) is 24.8 Å². The fourth-order valence-electron chi connectivity index (χ4n) is 2.52. The van der Waals surface area contributed by atoms with Gasteiger partial charge in [-0.1, -0.05) is 20.8 Å². The molecule has 0 aliphatic carbocycles. The number of fused-ring (bicyclic) bond motifs is 1. The Morgan fingerprint density at radius 1 is 1.39 bits per heavy atom. The quantitative estimate of drug-likeness (QED) is 0.800. The summed E-state index contributed by atoms with van der Waals surface area (Å²) in [7, 11) is 0. The molecule has 0 saturated heterocycles. The van der Waals surface area contributed by atoms with Gasteiger partial charge < -0.3 is 14.2 Å². The van der Waals surface area contributed by atoms with E-state index < -0.39 is 12.6 Å². The Morgan fingerprint density at radius 2 is 2.04 bits per heavy atom. The van der Waals surface area contributed by atoms with Crippen molar-refractivity contribution in [1.29, 1.82) is 0 Å². The van der Waals surface area contributed by atoms with Crippen LogP contribution in [0.3, 0.4) is 0 Å². The van der Waals surface area contributed by atoms with Gasteiger partial charge in [0.2, 0.25) is 0 Å². The maximum absolute atomic E-state index is 12.5. The molecule has 2 rings (SSSR count). The Balaban J connectivity index is 2.26. The first-order chi connectivity index (χ1) is 10.7. The Kier molecular flexibility index (Phi) is 4.82. The van der Waals surface area contributed by atoms with E-state index in [4.69, 9.17) is 4.74 Å². The third kappa shape index (κ3) is 3.41. The molecule has 1 unspecified atom stereocenters. The largest absolute Gasteiger partial charge is 0.458 e. The normalized spacial score (nSPS) is 16.3. The molecule has 2 heterocycles. The van der Waals surface area contributed by atoms with E-state index in [1.807, 2.05) is 27.7 Å². The number of aromatic nitrogens is 1. The van der Waals surface area contributed by atoms with E-state index in [2.05, 4.69) is 0 Å². The predicted octanol–water partition coefficient (Wildman–Crippen LogP) is 2.81. The SMILES string of the molecule is Cc1c(C(=O)OC(C)C(C)(C)C)cn2c1C(=O)N(CCF)CC2. The zero-order chi connectivity index (χ0) is 17.4. The lowest BCUT2D eigenvalue weighted by atomic mass is 9.90. The molecule has 1 aliphatic rings.